The Bertz CT molecular complexity index is 966. The third-order valence-electron chi connectivity index (χ3n) is 12.9. The average Bonchev–Trinajstić information content (AvgIpc) is 3.26. The van der Waals surface area contributed by atoms with E-state index in [9.17, 15) is 30.3 Å². The minimum atomic E-state index is -1.55. The molecule has 0 radical (unpaired) electrons. The summed E-state index contributed by atoms with van der Waals surface area (Å²) in [6.07, 6.45) is 43.7. The number of aliphatic hydroxyl groups is 5. The topological polar surface area (TPSA) is 149 Å². The fraction of sp³-hybridized carbons (Fsp3) is 0.942. The predicted molar refractivity (Wildman–Crippen MR) is 254 cm³/mol. The summed E-state index contributed by atoms with van der Waals surface area (Å²) in [5.41, 5.74) is 0. The molecule has 0 saturated carbocycles. The Kier molecular flexibility index (Phi) is 40.7. The van der Waals surface area contributed by atoms with Gasteiger partial charge in [0, 0.05) is 6.42 Å². The lowest BCUT2D eigenvalue weighted by Crippen LogP contribution is -2.60. The molecule has 1 rings (SSSR count). The van der Waals surface area contributed by atoms with E-state index >= 15 is 0 Å². The van der Waals surface area contributed by atoms with Crippen LogP contribution < -0.4 is 5.32 Å². The number of allylic oxidation sites excluding steroid dienone is 2. The number of hydrogen-bond acceptors (Lipinski definition) is 8. The lowest BCUT2D eigenvalue weighted by atomic mass is 9.99. The number of carbonyl (C=O) groups is 1. The van der Waals surface area contributed by atoms with Gasteiger partial charge in [-0.1, -0.05) is 225 Å². The number of nitrogens with one attached hydrogen (secondary N) is 1. The second-order valence-electron chi connectivity index (χ2n) is 18.7. The van der Waals surface area contributed by atoms with Crippen LogP contribution in [0.5, 0.6) is 0 Å². The highest BCUT2D eigenvalue weighted by molar-refractivity contribution is 5.76. The van der Waals surface area contributed by atoms with E-state index in [4.69, 9.17) is 9.47 Å². The van der Waals surface area contributed by atoms with Crippen molar-refractivity contribution in [1.29, 1.82) is 0 Å². The monoisotopic (exact) mass is 868 g/mol. The highest BCUT2D eigenvalue weighted by Gasteiger charge is 2.44. The maximum Gasteiger partial charge on any atom is 0.220 e. The third-order valence-corrected chi connectivity index (χ3v) is 12.9. The molecule has 0 spiro atoms. The van der Waals surface area contributed by atoms with Crippen molar-refractivity contribution in [3.8, 4) is 0 Å². The first kappa shape index (κ1) is 57.9. The van der Waals surface area contributed by atoms with Crippen molar-refractivity contribution in [3.05, 3.63) is 12.2 Å². The third kappa shape index (κ3) is 33.1. The summed E-state index contributed by atoms with van der Waals surface area (Å²) in [4.78, 5) is 13.0. The van der Waals surface area contributed by atoms with Gasteiger partial charge in [0.05, 0.1) is 25.4 Å². The molecule has 1 heterocycles. The molecule has 1 saturated heterocycles. The predicted octanol–water partition coefficient (Wildman–Crippen LogP) is 12.1. The largest absolute Gasteiger partial charge is 0.394 e. The summed E-state index contributed by atoms with van der Waals surface area (Å²) in [5.74, 6) is -0.149. The first-order chi connectivity index (χ1) is 29.8. The number of hydrogen-bond donors (Lipinski definition) is 6. The van der Waals surface area contributed by atoms with E-state index in [2.05, 4.69) is 31.3 Å². The van der Waals surface area contributed by atoms with Crippen LogP contribution in [-0.4, -0.2) is 87.5 Å². The summed E-state index contributed by atoms with van der Waals surface area (Å²) in [6, 6.07) is -0.720. The van der Waals surface area contributed by atoms with E-state index in [0.717, 1.165) is 51.4 Å². The molecule has 1 amide bonds. The normalized spacial score (nSPS) is 20.4. The van der Waals surface area contributed by atoms with Crippen LogP contribution in [0.1, 0.15) is 258 Å². The Morgan fingerprint density at radius 2 is 0.918 bits per heavy atom. The fourth-order valence-electron chi connectivity index (χ4n) is 8.63. The molecule has 7 atom stereocenters. The van der Waals surface area contributed by atoms with Gasteiger partial charge in [-0.25, -0.2) is 0 Å². The molecule has 362 valence electrons. The minimum absolute atomic E-state index is 0.138. The number of carbonyl (C=O) groups excluding carboxylic acids is 1. The van der Waals surface area contributed by atoms with Crippen molar-refractivity contribution in [3.63, 3.8) is 0 Å². The molecule has 1 fully saturated rings. The lowest BCUT2D eigenvalue weighted by molar-refractivity contribution is -0.302. The summed E-state index contributed by atoms with van der Waals surface area (Å²) < 4.78 is 11.3. The summed E-state index contributed by atoms with van der Waals surface area (Å²) >= 11 is 0. The second-order valence-corrected chi connectivity index (χ2v) is 18.7. The molecular formula is C52H101NO8. The van der Waals surface area contributed by atoms with Crippen LogP contribution in [0.15, 0.2) is 12.2 Å². The highest BCUT2D eigenvalue weighted by Crippen LogP contribution is 2.23. The highest BCUT2D eigenvalue weighted by atomic mass is 16.7. The maximum atomic E-state index is 13.0. The van der Waals surface area contributed by atoms with E-state index in [1.165, 1.54) is 180 Å². The molecule has 1 aliphatic rings. The lowest BCUT2D eigenvalue weighted by Gasteiger charge is -2.40. The molecule has 6 N–H and O–H groups in total. The summed E-state index contributed by atoms with van der Waals surface area (Å²) in [6.45, 7) is 3.85. The molecule has 0 aromatic heterocycles. The quantitative estimate of drug-likeness (QED) is 0.0262. The van der Waals surface area contributed by atoms with Crippen LogP contribution in [0.25, 0.3) is 0 Å². The van der Waals surface area contributed by atoms with Gasteiger partial charge in [-0.2, -0.15) is 0 Å². The summed E-state index contributed by atoms with van der Waals surface area (Å²) in [5, 5.41) is 54.5. The zero-order chi connectivity index (χ0) is 44.4. The number of rotatable bonds is 45. The zero-order valence-corrected chi connectivity index (χ0v) is 39.9. The van der Waals surface area contributed by atoms with Gasteiger partial charge in [0.15, 0.2) is 6.29 Å². The van der Waals surface area contributed by atoms with Gasteiger partial charge in [0.25, 0.3) is 0 Å². The van der Waals surface area contributed by atoms with Crippen molar-refractivity contribution in [1.82, 2.24) is 5.32 Å². The second kappa shape index (κ2) is 42.9. The standard InChI is InChI=1S/C52H101NO8/c1-3-5-7-9-11-13-15-17-19-21-22-23-24-25-26-27-29-31-33-35-37-39-41-46(55)45(44-60-52-51(59)50(58)49(57)47(43-54)61-52)53-48(56)42-40-38-36-34-32-30-28-20-18-16-14-12-10-8-6-4-2/h20,28,45-47,49-52,54-55,57-59H,3-19,21-27,29-44H2,1-2H3,(H,53,56)/b28-20-. The van der Waals surface area contributed by atoms with Crippen molar-refractivity contribution in [2.45, 2.75) is 301 Å². The zero-order valence-electron chi connectivity index (χ0n) is 39.9. The van der Waals surface area contributed by atoms with E-state index in [0.29, 0.717) is 12.8 Å². The van der Waals surface area contributed by atoms with E-state index < -0.39 is 49.5 Å². The van der Waals surface area contributed by atoms with Gasteiger partial charge in [-0.15, -0.1) is 0 Å². The number of amides is 1. The molecule has 9 heteroatoms. The molecule has 0 aromatic rings. The van der Waals surface area contributed by atoms with Gasteiger partial charge >= 0.3 is 0 Å². The number of unbranched alkanes of at least 4 members (excludes halogenated alkanes) is 33. The van der Waals surface area contributed by atoms with Crippen molar-refractivity contribution < 1.29 is 39.8 Å². The van der Waals surface area contributed by atoms with Crippen molar-refractivity contribution in [2.75, 3.05) is 13.2 Å². The first-order valence-electron chi connectivity index (χ1n) is 26.4. The van der Waals surface area contributed by atoms with E-state index in [1.54, 1.807) is 0 Å². The Morgan fingerprint density at radius 1 is 0.541 bits per heavy atom. The summed E-state index contributed by atoms with van der Waals surface area (Å²) in [7, 11) is 0. The van der Waals surface area contributed by atoms with Crippen molar-refractivity contribution in [2.24, 2.45) is 0 Å². The van der Waals surface area contributed by atoms with Gasteiger partial charge < -0.3 is 40.3 Å². The van der Waals surface area contributed by atoms with E-state index in [-0.39, 0.29) is 12.5 Å². The molecule has 7 unspecified atom stereocenters. The number of ether oxygens (including phenoxy) is 2. The molecule has 9 nitrogen and oxygen atoms in total. The Balaban J connectivity index is 2.25. The molecule has 0 aromatic carbocycles. The van der Waals surface area contributed by atoms with Crippen LogP contribution in [0.2, 0.25) is 0 Å². The Hall–Kier alpha value is -1.07. The van der Waals surface area contributed by atoms with Gasteiger partial charge in [0.2, 0.25) is 5.91 Å². The SMILES string of the molecule is CCCCCCCCC/C=C\CCCCCCCC(=O)NC(COC1OC(CO)C(O)C(O)C1O)C(O)CCCCCCCCCCCCCCCCCCCCCCCC. The average molecular weight is 868 g/mol. The van der Waals surface area contributed by atoms with Gasteiger partial charge in [0.1, 0.15) is 24.4 Å². The fourth-order valence-corrected chi connectivity index (χ4v) is 8.63. The minimum Gasteiger partial charge on any atom is -0.394 e. The van der Waals surface area contributed by atoms with Crippen LogP contribution >= 0.6 is 0 Å². The van der Waals surface area contributed by atoms with Crippen molar-refractivity contribution >= 4 is 5.91 Å². The molecule has 0 bridgehead atoms. The maximum absolute atomic E-state index is 13.0. The Labute approximate surface area is 376 Å². The molecule has 61 heavy (non-hydrogen) atoms. The smallest absolute Gasteiger partial charge is 0.220 e. The molecule has 1 aliphatic heterocycles. The first-order valence-corrected chi connectivity index (χ1v) is 26.4. The molecular weight excluding hydrogens is 767 g/mol. The van der Waals surface area contributed by atoms with Gasteiger partial charge in [-0.3, -0.25) is 4.79 Å². The van der Waals surface area contributed by atoms with E-state index in [1.807, 2.05) is 0 Å². The Morgan fingerprint density at radius 3 is 1.33 bits per heavy atom. The van der Waals surface area contributed by atoms with Gasteiger partial charge in [-0.05, 0) is 38.5 Å². The van der Waals surface area contributed by atoms with Crippen LogP contribution in [0.4, 0.5) is 0 Å². The van der Waals surface area contributed by atoms with Crippen LogP contribution in [0, 0.1) is 0 Å². The van der Waals surface area contributed by atoms with Crippen LogP contribution in [-0.2, 0) is 14.3 Å². The number of aliphatic hydroxyl groups excluding tert-OH is 5. The molecule has 0 aliphatic carbocycles. The van der Waals surface area contributed by atoms with Crippen LogP contribution in [0.3, 0.4) is 0 Å².